The van der Waals surface area contributed by atoms with Gasteiger partial charge in [-0.05, 0) is 87.2 Å². The van der Waals surface area contributed by atoms with Gasteiger partial charge in [-0.1, -0.05) is 12.1 Å². The molecule has 0 unspecified atom stereocenters. The number of nitrogens with one attached hydrogen (secondary N) is 2. The van der Waals surface area contributed by atoms with Crippen molar-refractivity contribution in [1.29, 1.82) is 0 Å². The Balaban J connectivity index is 1.85. The Hall–Kier alpha value is -3.65. The molecule has 2 heterocycles. The van der Waals surface area contributed by atoms with E-state index in [0.29, 0.717) is 16.7 Å². The molecule has 0 radical (unpaired) electrons. The van der Waals surface area contributed by atoms with Crippen molar-refractivity contribution >= 4 is 26.6 Å². The first kappa shape index (κ1) is 25.4. The van der Waals surface area contributed by atoms with Gasteiger partial charge in [0.25, 0.3) is 11.5 Å². The summed E-state index contributed by atoms with van der Waals surface area (Å²) >= 11 is 0. The molecule has 7 nitrogen and oxygen atoms in total. The van der Waals surface area contributed by atoms with Gasteiger partial charge in [-0.3, -0.25) is 9.59 Å². The van der Waals surface area contributed by atoms with Crippen LogP contribution < -0.4 is 10.9 Å². The van der Waals surface area contributed by atoms with Gasteiger partial charge in [0.2, 0.25) is 0 Å². The van der Waals surface area contributed by atoms with Crippen LogP contribution in [0.2, 0.25) is 0 Å². The third-order valence-electron chi connectivity index (χ3n) is 6.44. The second-order valence-corrected chi connectivity index (χ2v) is 11.7. The van der Waals surface area contributed by atoms with Crippen molar-refractivity contribution in [2.24, 2.45) is 0 Å². The molecule has 0 saturated heterocycles. The summed E-state index contributed by atoms with van der Waals surface area (Å²) in [7, 11) is -3.39. The summed E-state index contributed by atoms with van der Waals surface area (Å²) in [5.41, 5.74) is 5.65. The molecule has 36 heavy (non-hydrogen) atoms. The van der Waals surface area contributed by atoms with Crippen LogP contribution in [0.15, 0.2) is 58.4 Å². The molecule has 2 aromatic heterocycles. The number of benzene rings is 2. The smallest absolute Gasteiger partial charge is 0.253 e. The number of hydrogen-bond acceptors (Lipinski definition) is 4. The zero-order valence-corrected chi connectivity index (χ0v) is 22.2. The number of aryl methyl sites for hydroxylation is 3. The minimum Gasteiger partial charge on any atom is -0.348 e. The maximum absolute atomic E-state index is 13.5. The number of H-pyrrole nitrogens is 1. The van der Waals surface area contributed by atoms with Crippen LogP contribution in [0.1, 0.15) is 52.6 Å². The number of pyridine rings is 1. The van der Waals surface area contributed by atoms with E-state index < -0.39 is 9.84 Å². The zero-order valence-electron chi connectivity index (χ0n) is 21.4. The number of hydrogen-bond donors (Lipinski definition) is 2. The van der Waals surface area contributed by atoms with Crippen molar-refractivity contribution in [2.75, 3.05) is 6.26 Å². The lowest BCUT2D eigenvalue weighted by Crippen LogP contribution is -2.28. The summed E-state index contributed by atoms with van der Waals surface area (Å²) < 4.78 is 26.4. The third-order valence-corrected chi connectivity index (χ3v) is 7.55. The SMILES string of the molecule is Cc1cc(C)c(CNC(=O)c2cc(-c3cccc(S(C)(=O)=O)c3)cc3c2c(C)cn3C(C)C)c(=O)[nH]1. The Morgan fingerprint density at radius 3 is 2.39 bits per heavy atom. The van der Waals surface area contributed by atoms with Crippen molar-refractivity contribution in [3.63, 3.8) is 0 Å². The van der Waals surface area contributed by atoms with Crippen molar-refractivity contribution in [3.05, 3.63) is 87.0 Å². The molecule has 0 aliphatic rings. The Morgan fingerprint density at radius 2 is 1.75 bits per heavy atom. The third kappa shape index (κ3) is 4.86. The molecule has 2 N–H and O–H groups in total. The lowest BCUT2D eigenvalue weighted by molar-refractivity contribution is 0.0952. The highest BCUT2D eigenvalue weighted by Crippen LogP contribution is 2.33. The highest BCUT2D eigenvalue weighted by Gasteiger charge is 2.20. The van der Waals surface area contributed by atoms with Gasteiger partial charge in [-0.25, -0.2) is 8.42 Å². The molecule has 0 spiro atoms. The highest BCUT2D eigenvalue weighted by molar-refractivity contribution is 7.90. The van der Waals surface area contributed by atoms with Crippen LogP contribution in [-0.4, -0.2) is 30.1 Å². The van der Waals surface area contributed by atoms with Crippen LogP contribution in [0.4, 0.5) is 0 Å². The molecule has 1 amide bonds. The summed E-state index contributed by atoms with van der Waals surface area (Å²) in [6.07, 6.45) is 3.20. The van der Waals surface area contributed by atoms with E-state index in [1.807, 2.05) is 45.2 Å². The molecule has 0 bridgehead atoms. The Kier molecular flexibility index (Phi) is 6.66. The van der Waals surface area contributed by atoms with Gasteiger partial charge in [0.1, 0.15) is 0 Å². The molecule has 2 aromatic carbocycles. The monoisotopic (exact) mass is 505 g/mol. The molecule has 8 heteroatoms. The van der Waals surface area contributed by atoms with Crippen LogP contribution in [0.25, 0.3) is 22.0 Å². The summed E-state index contributed by atoms with van der Waals surface area (Å²) in [5, 5.41) is 3.76. The standard InChI is InChI=1S/C28H31N3O4S/c1-16(2)31-15-18(4)26-23(27(32)29-14-24-17(3)10-19(5)30-28(24)33)12-21(13-25(26)31)20-8-7-9-22(11-20)36(6,34)35/h7-13,15-16H,14H2,1-6H3,(H,29,32)(H,30,33). The zero-order chi connectivity index (χ0) is 26.4. The summed E-state index contributed by atoms with van der Waals surface area (Å²) in [5.74, 6) is -0.301. The minimum absolute atomic E-state index is 0.0967. The molecule has 0 aliphatic heterocycles. The number of rotatable bonds is 6. The molecular formula is C28H31N3O4S. The van der Waals surface area contributed by atoms with Crippen LogP contribution in [0, 0.1) is 20.8 Å². The number of amides is 1. The van der Waals surface area contributed by atoms with Gasteiger partial charge in [-0.2, -0.15) is 0 Å². The van der Waals surface area contributed by atoms with E-state index in [1.165, 1.54) is 6.26 Å². The molecule has 0 fully saturated rings. The van der Waals surface area contributed by atoms with E-state index in [2.05, 4.69) is 28.7 Å². The molecule has 0 saturated carbocycles. The summed E-state index contributed by atoms with van der Waals surface area (Å²) in [4.78, 5) is 29.0. The van der Waals surface area contributed by atoms with Gasteiger partial charge in [0.15, 0.2) is 9.84 Å². The first-order valence-electron chi connectivity index (χ1n) is 11.8. The van der Waals surface area contributed by atoms with Crippen LogP contribution in [0.5, 0.6) is 0 Å². The van der Waals surface area contributed by atoms with Gasteiger partial charge < -0.3 is 14.9 Å². The van der Waals surface area contributed by atoms with Crippen LogP contribution in [0.3, 0.4) is 0 Å². The fourth-order valence-electron chi connectivity index (χ4n) is 4.63. The molecule has 0 atom stereocenters. The average molecular weight is 506 g/mol. The van der Waals surface area contributed by atoms with Crippen molar-refractivity contribution in [1.82, 2.24) is 14.9 Å². The second kappa shape index (κ2) is 9.43. The molecular weight excluding hydrogens is 474 g/mol. The summed E-state index contributed by atoms with van der Waals surface area (Å²) in [6, 6.07) is 12.6. The predicted molar refractivity (Wildman–Crippen MR) is 143 cm³/mol. The maximum Gasteiger partial charge on any atom is 0.253 e. The molecule has 4 rings (SSSR count). The quantitative estimate of drug-likeness (QED) is 0.392. The number of carbonyl (C=O) groups is 1. The lowest BCUT2D eigenvalue weighted by Gasteiger charge is -2.14. The van der Waals surface area contributed by atoms with E-state index in [9.17, 15) is 18.0 Å². The number of carbonyl (C=O) groups excluding carboxylic acids is 1. The number of aromatic amines is 1. The fraction of sp³-hybridized carbons (Fsp3) is 0.286. The van der Waals surface area contributed by atoms with E-state index in [1.54, 1.807) is 24.3 Å². The number of nitrogens with zero attached hydrogens (tertiary/aromatic N) is 1. The van der Waals surface area contributed by atoms with Gasteiger partial charge in [-0.15, -0.1) is 0 Å². The largest absolute Gasteiger partial charge is 0.348 e. The Morgan fingerprint density at radius 1 is 1.03 bits per heavy atom. The van der Waals surface area contributed by atoms with E-state index in [-0.39, 0.29) is 28.9 Å². The number of aromatic nitrogens is 2. The van der Waals surface area contributed by atoms with Gasteiger partial charge in [0.05, 0.1) is 4.90 Å². The predicted octanol–water partition coefficient (Wildman–Crippen LogP) is 4.84. The minimum atomic E-state index is -3.39. The normalized spacial score (nSPS) is 11.9. The van der Waals surface area contributed by atoms with Gasteiger partial charge in [0, 0.05) is 52.8 Å². The first-order valence-corrected chi connectivity index (χ1v) is 13.7. The van der Waals surface area contributed by atoms with Crippen molar-refractivity contribution < 1.29 is 13.2 Å². The number of fused-ring (bicyclic) bond motifs is 1. The average Bonchev–Trinajstić information content (AvgIpc) is 3.14. The molecule has 0 aliphatic carbocycles. The molecule has 188 valence electrons. The Bertz CT molecular complexity index is 1660. The van der Waals surface area contributed by atoms with Gasteiger partial charge >= 0.3 is 0 Å². The maximum atomic E-state index is 13.5. The van der Waals surface area contributed by atoms with Crippen LogP contribution in [-0.2, 0) is 16.4 Å². The van der Waals surface area contributed by atoms with E-state index in [4.69, 9.17) is 0 Å². The lowest BCUT2D eigenvalue weighted by atomic mass is 9.98. The second-order valence-electron chi connectivity index (χ2n) is 9.66. The highest BCUT2D eigenvalue weighted by atomic mass is 32.2. The first-order chi connectivity index (χ1) is 16.9. The molecule has 4 aromatic rings. The fourth-order valence-corrected chi connectivity index (χ4v) is 5.30. The van der Waals surface area contributed by atoms with Crippen LogP contribution >= 0.6 is 0 Å². The van der Waals surface area contributed by atoms with Crippen molar-refractivity contribution in [3.8, 4) is 11.1 Å². The number of sulfone groups is 1. The van der Waals surface area contributed by atoms with E-state index >= 15 is 0 Å². The Labute approximate surface area is 211 Å². The van der Waals surface area contributed by atoms with Crippen molar-refractivity contribution in [2.45, 2.75) is 52.1 Å². The summed E-state index contributed by atoms with van der Waals surface area (Å²) in [6.45, 7) is 9.88. The topological polar surface area (TPSA) is 101 Å². The van der Waals surface area contributed by atoms with E-state index in [0.717, 1.165) is 33.3 Å².